The summed E-state index contributed by atoms with van der Waals surface area (Å²) < 4.78 is 21.6. The fraction of sp³-hybridized carbons (Fsp3) is 0.348. The van der Waals surface area contributed by atoms with Crippen molar-refractivity contribution in [2.75, 3.05) is 13.2 Å². The zero-order valence-electron chi connectivity index (χ0n) is 16.5. The third kappa shape index (κ3) is 5.93. The molecule has 1 aliphatic heterocycles. The van der Waals surface area contributed by atoms with Crippen LogP contribution in [-0.2, 0) is 33.8 Å². The van der Waals surface area contributed by atoms with Crippen molar-refractivity contribution in [3.8, 4) is 0 Å². The SMILES string of the molecule is Clc1ccc(COCC2COC(CCc3ccc(Br)cc3)(Cn3ccnc3)O2)cc1. The van der Waals surface area contributed by atoms with E-state index >= 15 is 0 Å². The summed E-state index contributed by atoms with van der Waals surface area (Å²) in [5.74, 6) is -0.692. The van der Waals surface area contributed by atoms with Crippen LogP contribution in [0.2, 0.25) is 5.02 Å². The van der Waals surface area contributed by atoms with Crippen LogP contribution in [0.15, 0.2) is 71.7 Å². The Morgan fingerprint density at radius 2 is 1.90 bits per heavy atom. The lowest BCUT2D eigenvalue weighted by Crippen LogP contribution is -2.37. The average Bonchev–Trinajstić information content (AvgIpc) is 3.40. The van der Waals surface area contributed by atoms with Crippen LogP contribution in [0.1, 0.15) is 17.5 Å². The van der Waals surface area contributed by atoms with Gasteiger partial charge in [-0.15, -0.1) is 0 Å². The fourth-order valence-corrected chi connectivity index (χ4v) is 3.92. The van der Waals surface area contributed by atoms with Gasteiger partial charge in [0.1, 0.15) is 6.10 Å². The lowest BCUT2D eigenvalue weighted by atomic mass is 10.0. The van der Waals surface area contributed by atoms with Crippen molar-refractivity contribution < 1.29 is 14.2 Å². The number of aromatic nitrogens is 2. The van der Waals surface area contributed by atoms with Crippen molar-refractivity contribution in [1.82, 2.24) is 9.55 Å². The van der Waals surface area contributed by atoms with Gasteiger partial charge in [-0.3, -0.25) is 0 Å². The molecule has 1 aromatic heterocycles. The Bertz CT molecular complexity index is 919. The molecular formula is C23H24BrClN2O3. The first-order chi connectivity index (χ1) is 14.6. The highest BCUT2D eigenvalue weighted by molar-refractivity contribution is 9.10. The van der Waals surface area contributed by atoms with E-state index in [1.165, 1.54) is 5.56 Å². The number of hydrogen-bond acceptors (Lipinski definition) is 4. The molecular weight excluding hydrogens is 468 g/mol. The van der Waals surface area contributed by atoms with E-state index in [4.69, 9.17) is 25.8 Å². The molecule has 2 heterocycles. The summed E-state index contributed by atoms with van der Waals surface area (Å²) in [6, 6.07) is 16.0. The van der Waals surface area contributed by atoms with Crippen molar-refractivity contribution in [3.63, 3.8) is 0 Å². The van der Waals surface area contributed by atoms with Crippen LogP contribution < -0.4 is 0 Å². The normalized spacial score (nSPS) is 21.2. The van der Waals surface area contributed by atoms with Gasteiger partial charge in [0.15, 0.2) is 5.79 Å². The van der Waals surface area contributed by atoms with Crippen molar-refractivity contribution in [1.29, 1.82) is 0 Å². The van der Waals surface area contributed by atoms with E-state index in [1.807, 2.05) is 35.0 Å². The van der Waals surface area contributed by atoms with E-state index < -0.39 is 5.79 Å². The van der Waals surface area contributed by atoms with Gasteiger partial charge >= 0.3 is 0 Å². The summed E-state index contributed by atoms with van der Waals surface area (Å²) >= 11 is 9.42. The Balaban J connectivity index is 1.35. The summed E-state index contributed by atoms with van der Waals surface area (Å²) in [4.78, 5) is 4.14. The number of hydrogen-bond donors (Lipinski definition) is 0. The molecule has 7 heteroatoms. The number of halogens is 2. The minimum atomic E-state index is -0.692. The van der Waals surface area contributed by atoms with Gasteiger partial charge in [-0.05, 0) is 41.8 Å². The zero-order chi connectivity index (χ0) is 20.8. The Morgan fingerprint density at radius 1 is 1.13 bits per heavy atom. The van der Waals surface area contributed by atoms with Crippen LogP contribution in [0.4, 0.5) is 0 Å². The van der Waals surface area contributed by atoms with E-state index in [1.54, 1.807) is 12.5 Å². The second-order valence-electron chi connectivity index (χ2n) is 7.46. The first-order valence-electron chi connectivity index (χ1n) is 9.94. The maximum absolute atomic E-state index is 6.40. The van der Waals surface area contributed by atoms with Crippen molar-refractivity contribution in [3.05, 3.63) is 87.9 Å². The summed E-state index contributed by atoms with van der Waals surface area (Å²) in [5, 5.41) is 0.723. The van der Waals surface area contributed by atoms with Gasteiger partial charge in [-0.25, -0.2) is 4.98 Å². The molecule has 0 spiro atoms. The molecule has 30 heavy (non-hydrogen) atoms. The molecule has 0 radical (unpaired) electrons. The first kappa shape index (κ1) is 21.5. The largest absolute Gasteiger partial charge is 0.374 e. The molecule has 1 aliphatic rings. The molecule has 0 saturated carbocycles. The van der Waals surface area contributed by atoms with E-state index in [0.29, 0.717) is 26.4 Å². The van der Waals surface area contributed by atoms with Gasteiger partial charge in [0.25, 0.3) is 0 Å². The van der Waals surface area contributed by atoms with Gasteiger partial charge in [0.05, 0.1) is 32.7 Å². The molecule has 2 aromatic carbocycles. The fourth-order valence-electron chi connectivity index (χ4n) is 3.52. The molecule has 0 aliphatic carbocycles. The summed E-state index contributed by atoms with van der Waals surface area (Å²) in [6.07, 6.45) is 6.99. The van der Waals surface area contributed by atoms with E-state index in [2.05, 4.69) is 45.2 Å². The number of rotatable bonds is 9. The van der Waals surface area contributed by atoms with Gasteiger partial charge in [0.2, 0.25) is 0 Å². The molecule has 2 atom stereocenters. The van der Waals surface area contributed by atoms with E-state index in [9.17, 15) is 0 Å². The molecule has 5 nitrogen and oxygen atoms in total. The van der Waals surface area contributed by atoms with Crippen LogP contribution in [0.25, 0.3) is 0 Å². The zero-order valence-corrected chi connectivity index (χ0v) is 18.9. The minimum absolute atomic E-state index is 0.106. The minimum Gasteiger partial charge on any atom is -0.374 e. The van der Waals surface area contributed by atoms with Crippen molar-refractivity contribution in [2.45, 2.75) is 37.9 Å². The number of imidazole rings is 1. The second kappa shape index (κ2) is 10.1. The number of nitrogens with zero attached hydrogens (tertiary/aromatic N) is 2. The van der Waals surface area contributed by atoms with Crippen molar-refractivity contribution >= 4 is 27.5 Å². The van der Waals surface area contributed by atoms with E-state index in [0.717, 1.165) is 27.9 Å². The van der Waals surface area contributed by atoms with Gasteiger partial charge in [-0.2, -0.15) is 0 Å². The smallest absolute Gasteiger partial charge is 0.187 e. The molecule has 3 aromatic rings. The van der Waals surface area contributed by atoms with Gasteiger partial charge < -0.3 is 18.8 Å². The predicted molar refractivity (Wildman–Crippen MR) is 119 cm³/mol. The first-order valence-corrected chi connectivity index (χ1v) is 11.1. The van der Waals surface area contributed by atoms with Crippen LogP contribution in [0.3, 0.4) is 0 Å². The van der Waals surface area contributed by atoms with Crippen molar-refractivity contribution in [2.24, 2.45) is 0 Å². The summed E-state index contributed by atoms with van der Waals surface area (Å²) in [6.45, 7) is 2.10. The van der Waals surface area contributed by atoms with Crippen LogP contribution in [-0.4, -0.2) is 34.7 Å². The molecule has 4 rings (SSSR count). The highest BCUT2D eigenvalue weighted by Crippen LogP contribution is 2.31. The number of aryl methyl sites for hydroxylation is 1. The van der Waals surface area contributed by atoms with Gasteiger partial charge in [-0.1, -0.05) is 51.8 Å². The quantitative estimate of drug-likeness (QED) is 0.410. The molecule has 1 saturated heterocycles. The Labute approximate surface area is 190 Å². The molecule has 0 N–H and O–H groups in total. The maximum Gasteiger partial charge on any atom is 0.187 e. The summed E-state index contributed by atoms with van der Waals surface area (Å²) in [5.41, 5.74) is 2.33. The highest BCUT2D eigenvalue weighted by Gasteiger charge is 2.41. The molecule has 1 fully saturated rings. The van der Waals surface area contributed by atoms with Crippen LogP contribution in [0.5, 0.6) is 0 Å². The van der Waals surface area contributed by atoms with Gasteiger partial charge in [0, 0.05) is 28.3 Å². The second-order valence-corrected chi connectivity index (χ2v) is 8.82. The molecule has 0 bridgehead atoms. The monoisotopic (exact) mass is 490 g/mol. The lowest BCUT2D eigenvalue weighted by Gasteiger charge is -2.28. The molecule has 2 unspecified atom stereocenters. The molecule has 0 amide bonds. The molecule has 158 valence electrons. The average molecular weight is 492 g/mol. The maximum atomic E-state index is 6.40. The summed E-state index contributed by atoms with van der Waals surface area (Å²) in [7, 11) is 0. The van der Waals surface area contributed by atoms with E-state index in [-0.39, 0.29) is 6.10 Å². The Hall–Kier alpha value is -1.70. The lowest BCUT2D eigenvalue weighted by molar-refractivity contribution is -0.187. The topological polar surface area (TPSA) is 45.5 Å². The third-order valence-corrected chi connectivity index (χ3v) is 5.87. The van der Waals surface area contributed by atoms with Crippen LogP contribution in [0, 0.1) is 0 Å². The standard InChI is InChI=1S/C23H24BrClN2O3/c24-20-5-1-18(2-6-20)9-10-23(16-27-12-11-26-17-27)29-15-22(30-23)14-28-13-19-3-7-21(25)8-4-19/h1-8,11-12,17,22H,9-10,13-16H2. The highest BCUT2D eigenvalue weighted by atomic mass is 79.9. The number of ether oxygens (including phenoxy) is 3. The van der Waals surface area contributed by atoms with Crippen LogP contribution >= 0.6 is 27.5 Å². The predicted octanol–water partition coefficient (Wildman–Crippen LogP) is 5.26. The Kier molecular flexibility index (Phi) is 7.23. The number of benzene rings is 2. The Morgan fingerprint density at radius 3 is 2.63 bits per heavy atom. The third-order valence-electron chi connectivity index (χ3n) is 5.09.